The number of aromatic nitrogens is 5. The van der Waals surface area contributed by atoms with E-state index in [1.165, 1.54) is 18.8 Å². The minimum Gasteiger partial charge on any atom is -0.353 e. The Labute approximate surface area is 172 Å². The molecule has 6 nitrogen and oxygen atoms in total. The Bertz CT molecular complexity index is 994. The van der Waals surface area contributed by atoms with E-state index in [4.69, 9.17) is 4.98 Å². The number of hydrogen-bond donors (Lipinski definition) is 0. The van der Waals surface area contributed by atoms with Crippen LogP contribution in [0.1, 0.15) is 32.4 Å². The Morgan fingerprint density at radius 1 is 1.21 bits per heavy atom. The van der Waals surface area contributed by atoms with Gasteiger partial charge in [-0.05, 0) is 43.3 Å². The highest BCUT2D eigenvalue weighted by Crippen LogP contribution is 2.33. The van der Waals surface area contributed by atoms with Crippen LogP contribution in [0.15, 0.2) is 30.9 Å². The molecule has 3 atom stereocenters. The van der Waals surface area contributed by atoms with E-state index in [1.54, 1.807) is 16.8 Å². The first kappa shape index (κ1) is 20.0. The minimum absolute atomic E-state index is 0.300. The zero-order chi connectivity index (χ0) is 20.5. The van der Waals surface area contributed by atoms with Gasteiger partial charge >= 0.3 is 0 Å². The molecule has 0 aromatic carbocycles. The third-order valence-electron chi connectivity index (χ3n) is 5.57. The van der Waals surface area contributed by atoms with Gasteiger partial charge in [-0.15, -0.1) is 0 Å². The molecule has 154 valence electrons. The average molecular weight is 419 g/mol. The number of imidazole rings is 1. The fourth-order valence-corrected chi connectivity index (χ4v) is 4.93. The Hall–Kier alpha value is -2.29. The van der Waals surface area contributed by atoms with E-state index in [-0.39, 0.29) is 5.69 Å². The van der Waals surface area contributed by atoms with Crippen molar-refractivity contribution in [3.8, 4) is 11.5 Å². The number of rotatable bonds is 5. The number of fused-ring (bicyclic) bond motifs is 1. The highest BCUT2D eigenvalue weighted by Gasteiger charge is 2.32. The van der Waals surface area contributed by atoms with Gasteiger partial charge in [0.05, 0.1) is 12.4 Å². The molecule has 1 aliphatic heterocycles. The lowest BCUT2D eigenvalue weighted by Crippen LogP contribution is -2.48. The molecule has 29 heavy (non-hydrogen) atoms. The molecule has 1 aliphatic rings. The van der Waals surface area contributed by atoms with Crippen molar-refractivity contribution in [2.24, 2.45) is 11.8 Å². The number of nitrogens with zero attached hydrogens (tertiary/aromatic N) is 6. The van der Waals surface area contributed by atoms with Crippen molar-refractivity contribution in [2.45, 2.75) is 32.7 Å². The lowest BCUT2D eigenvalue weighted by atomic mass is 9.86. The van der Waals surface area contributed by atoms with Crippen molar-refractivity contribution in [3.63, 3.8) is 0 Å². The molecule has 0 radical (unpaired) electrons. The first-order valence-electron chi connectivity index (χ1n) is 9.68. The van der Waals surface area contributed by atoms with Crippen molar-refractivity contribution in [1.82, 2.24) is 24.3 Å². The molecule has 4 rings (SSSR count). The number of hydrogen-bond acceptors (Lipinski definition) is 6. The molecule has 0 bridgehead atoms. The van der Waals surface area contributed by atoms with Crippen LogP contribution in [-0.2, 0) is 0 Å². The summed E-state index contributed by atoms with van der Waals surface area (Å²) in [5.41, 5.74) is 0.759. The molecular formula is C20H24F2N6S. The monoisotopic (exact) mass is 418 g/mol. The first-order valence-corrected chi connectivity index (χ1v) is 11.1. The van der Waals surface area contributed by atoms with Crippen LogP contribution >= 0.6 is 11.8 Å². The van der Waals surface area contributed by atoms with E-state index in [2.05, 4.69) is 40.0 Å². The van der Waals surface area contributed by atoms with Gasteiger partial charge in [-0.3, -0.25) is 4.40 Å². The van der Waals surface area contributed by atoms with Crippen LogP contribution in [0.25, 0.3) is 17.2 Å². The van der Waals surface area contributed by atoms with Crippen molar-refractivity contribution < 1.29 is 8.78 Å². The number of anilines is 1. The summed E-state index contributed by atoms with van der Waals surface area (Å²) in [7, 11) is 0. The van der Waals surface area contributed by atoms with Crippen LogP contribution in [0.5, 0.6) is 0 Å². The number of halogens is 2. The fraction of sp³-hybridized carbons (Fsp3) is 0.500. The summed E-state index contributed by atoms with van der Waals surface area (Å²) in [6, 6.07) is 2.29. The van der Waals surface area contributed by atoms with E-state index in [1.807, 2.05) is 17.8 Å². The van der Waals surface area contributed by atoms with Gasteiger partial charge in [0, 0.05) is 25.0 Å². The van der Waals surface area contributed by atoms with Crippen LogP contribution in [0.2, 0.25) is 0 Å². The van der Waals surface area contributed by atoms with Crippen LogP contribution in [0.4, 0.5) is 14.6 Å². The second-order valence-corrected chi connectivity index (χ2v) is 8.58. The normalized spacial score (nSPS) is 22.6. The van der Waals surface area contributed by atoms with E-state index in [9.17, 15) is 8.78 Å². The summed E-state index contributed by atoms with van der Waals surface area (Å²) in [5.74, 6) is 3.63. The van der Waals surface area contributed by atoms with Crippen LogP contribution in [0.3, 0.4) is 0 Å². The van der Waals surface area contributed by atoms with Gasteiger partial charge in [-0.2, -0.15) is 11.8 Å². The predicted octanol–water partition coefficient (Wildman–Crippen LogP) is 4.34. The summed E-state index contributed by atoms with van der Waals surface area (Å²) >= 11 is 1.88. The topological polar surface area (TPSA) is 59.2 Å². The summed E-state index contributed by atoms with van der Waals surface area (Å²) in [4.78, 5) is 19.5. The van der Waals surface area contributed by atoms with Crippen molar-refractivity contribution in [1.29, 1.82) is 0 Å². The molecule has 0 amide bonds. The third-order valence-corrected chi connectivity index (χ3v) is 6.33. The maximum Gasteiger partial charge on any atom is 0.281 e. The smallest absolute Gasteiger partial charge is 0.281 e. The molecule has 3 aromatic heterocycles. The van der Waals surface area contributed by atoms with E-state index in [0.717, 1.165) is 18.1 Å². The molecule has 0 saturated carbocycles. The maximum absolute atomic E-state index is 13.1. The quantitative estimate of drug-likeness (QED) is 0.614. The lowest BCUT2D eigenvalue weighted by molar-refractivity contribution is 0.145. The van der Waals surface area contributed by atoms with Crippen molar-refractivity contribution in [3.05, 3.63) is 36.5 Å². The highest BCUT2D eigenvalue weighted by molar-refractivity contribution is 7.98. The second kappa shape index (κ2) is 8.22. The zero-order valence-corrected chi connectivity index (χ0v) is 17.5. The van der Waals surface area contributed by atoms with Gasteiger partial charge in [0.2, 0.25) is 0 Å². The number of piperidine rings is 1. The molecule has 9 heteroatoms. The zero-order valence-electron chi connectivity index (χ0n) is 16.7. The van der Waals surface area contributed by atoms with Crippen molar-refractivity contribution in [2.75, 3.05) is 23.5 Å². The first-order chi connectivity index (χ1) is 14.0. The maximum atomic E-state index is 13.1. The molecule has 1 fully saturated rings. The Morgan fingerprint density at radius 2 is 2.03 bits per heavy atom. The molecule has 4 heterocycles. The van der Waals surface area contributed by atoms with Crippen molar-refractivity contribution >= 4 is 23.2 Å². The second-order valence-electron chi connectivity index (χ2n) is 7.67. The van der Waals surface area contributed by atoms with E-state index >= 15 is 0 Å². The molecule has 0 aliphatic carbocycles. The molecule has 3 aromatic rings. The summed E-state index contributed by atoms with van der Waals surface area (Å²) < 4.78 is 27.7. The Kier molecular flexibility index (Phi) is 5.67. The average Bonchev–Trinajstić information content (AvgIpc) is 3.14. The number of thioether (sulfide) groups is 1. The van der Waals surface area contributed by atoms with E-state index in [0.29, 0.717) is 35.0 Å². The Morgan fingerprint density at radius 3 is 2.79 bits per heavy atom. The van der Waals surface area contributed by atoms with Gasteiger partial charge < -0.3 is 4.90 Å². The van der Waals surface area contributed by atoms with Gasteiger partial charge in [0.25, 0.3) is 6.43 Å². The SMILES string of the molecule is CSCC1CC(C)CN(c2ccnc(-c3cnc4cnc(C(F)F)cn34)n2)C1C. The van der Waals surface area contributed by atoms with Crippen LogP contribution in [-0.4, -0.2) is 48.9 Å². The fourth-order valence-electron chi connectivity index (χ4n) is 4.08. The highest BCUT2D eigenvalue weighted by atomic mass is 32.2. The van der Waals surface area contributed by atoms with Gasteiger partial charge in [0.15, 0.2) is 11.5 Å². The largest absolute Gasteiger partial charge is 0.353 e. The van der Waals surface area contributed by atoms with E-state index < -0.39 is 6.43 Å². The summed E-state index contributed by atoms with van der Waals surface area (Å²) in [6.07, 6.45) is 6.69. The van der Waals surface area contributed by atoms with Crippen LogP contribution < -0.4 is 4.90 Å². The standard InChI is InChI=1S/C20H24F2N6S/c1-12-6-14(11-29-3)13(2)27(9-12)17-4-5-23-20(26-17)16-7-25-18-8-24-15(19(21)22)10-28(16)18/h4-5,7-8,10,12-14,19H,6,9,11H2,1-3H3. The molecular weight excluding hydrogens is 394 g/mol. The summed E-state index contributed by atoms with van der Waals surface area (Å²) in [6.45, 7) is 5.47. The number of alkyl halides is 2. The van der Waals surface area contributed by atoms with Crippen LogP contribution in [0, 0.1) is 11.8 Å². The summed E-state index contributed by atoms with van der Waals surface area (Å²) in [5, 5.41) is 0. The molecule has 1 saturated heterocycles. The minimum atomic E-state index is -2.65. The predicted molar refractivity (Wildman–Crippen MR) is 111 cm³/mol. The van der Waals surface area contributed by atoms with Gasteiger partial charge in [-0.1, -0.05) is 6.92 Å². The Balaban J connectivity index is 1.71. The van der Waals surface area contributed by atoms with Gasteiger partial charge in [-0.25, -0.2) is 28.7 Å². The van der Waals surface area contributed by atoms with Gasteiger partial charge in [0.1, 0.15) is 17.2 Å². The lowest BCUT2D eigenvalue weighted by Gasteiger charge is -2.43. The molecule has 0 spiro atoms. The third kappa shape index (κ3) is 3.92. The molecule has 3 unspecified atom stereocenters. The molecule has 0 N–H and O–H groups in total.